The molecular weight excluding hydrogens is 448 g/mol. The minimum absolute atomic E-state index is 0.0442. The second-order valence-corrected chi connectivity index (χ2v) is 10.6. The Hall–Kier alpha value is -3.49. The van der Waals surface area contributed by atoms with Crippen LogP contribution in [0, 0.1) is 0 Å². The van der Waals surface area contributed by atoms with Crippen LogP contribution in [0.1, 0.15) is 36.0 Å². The fourth-order valence-corrected chi connectivity index (χ4v) is 5.90. The van der Waals surface area contributed by atoms with Crippen LogP contribution < -0.4 is 5.32 Å². The summed E-state index contributed by atoms with van der Waals surface area (Å²) < 4.78 is 27.4. The second kappa shape index (κ2) is 9.04. The summed E-state index contributed by atoms with van der Waals surface area (Å²) in [6, 6.07) is 21.3. The lowest BCUT2D eigenvalue weighted by molar-refractivity contribution is 0.102. The maximum Gasteiger partial charge on any atom is 0.255 e. The number of para-hydroxylation sites is 3. The fourth-order valence-electron chi connectivity index (χ4n) is 4.48. The Morgan fingerprint density at radius 2 is 1.65 bits per heavy atom. The van der Waals surface area contributed by atoms with E-state index in [1.807, 2.05) is 48.5 Å². The van der Waals surface area contributed by atoms with Crippen molar-refractivity contribution < 1.29 is 13.2 Å². The number of nitrogens with zero attached hydrogens (tertiary/aromatic N) is 2. The summed E-state index contributed by atoms with van der Waals surface area (Å²) in [6.07, 6.45) is 3.89. The number of H-pyrrole nitrogens is 1. The van der Waals surface area contributed by atoms with Gasteiger partial charge in [-0.2, -0.15) is 4.31 Å². The highest BCUT2D eigenvalue weighted by Crippen LogP contribution is 2.29. The number of fused-ring (bicyclic) bond motifs is 1. The number of amides is 1. The molecule has 2 N–H and O–H groups in total. The van der Waals surface area contributed by atoms with Crippen molar-refractivity contribution in [2.24, 2.45) is 0 Å². The van der Waals surface area contributed by atoms with Crippen molar-refractivity contribution in [3.05, 3.63) is 78.4 Å². The average Bonchev–Trinajstić information content (AvgIpc) is 3.54. The lowest BCUT2D eigenvalue weighted by Crippen LogP contribution is -2.35. The van der Waals surface area contributed by atoms with Gasteiger partial charge in [-0.25, -0.2) is 13.4 Å². The molecule has 0 bridgehead atoms. The minimum Gasteiger partial charge on any atom is -0.338 e. The van der Waals surface area contributed by atoms with E-state index in [-0.39, 0.29) is 16.8 Å². The molecule has 1 fully saturated rings. The van der Waals surface area contributed by atoms with Gasteiger partial charge in [-0.1, -0.05) is 37.1 Å². The van der Waals surface area contributed by atoms with Crippen LogP contribution in [0.2, 0.25) is 0 Å². The van der Waals surface area contributed by atoms with Gasteiger partial charge < -0.3 is 10.3 Å². The SMILES string of the molecule is CN(C1CCCC1)S(=O)(=O)c1ccc(C(=O)Nc2ccccc2-c2nc3ccccc3[nH]2)cc1. The number of nitrogens with one attached hydrogen (secondary N) is 2. The molecule has 1 aliphatic rings. The van der Waals surface area contributed by atoms with Crippen LogP contribution in [0.25, 0.3) is 22.4 Å². The van der Waals surface area contributed by atoms with Gasteiger partial charge in [0, 0.05) is 24.2 Å². The topological polar surface area (TPSA) is 95.2 Å². The normalized spacial score (nSPS) is 14.6. The summed E-state index contributed by atoms with van der Waals surface area (Å²) in [7, 11) is -1.95. The largest absolute Gasteiger partial charge is 0.338 e. The third-order valence-electron chi connectivity index (χ3n) is 6.45. The van der Waals surface area contributed by atoms with E-state index in [4.69, 9.17) is 0 Å². The zero-order valence-corrected chi connectivity index (χ0v) is 19.7. The van der Waals surface area contributed by atoms with Crippen molar-refractivity contribution in [3.63, 3.8) is 0 Å². The van der Waals surface area contributed by atoms with Crippen LogP contribution in [-0.4, -0.2) is 41.7 Å². The Balaban J connectivity index is 1.36. The van der Waals surface area contributed by atoms with E-state index in [0.717, 1.165) is 42.3 Å². The standard InChI is InChI=1S/C26H26N4O3S/c1-30(19-8-2-3-9-19)34(32,33)20-16-14-18(15-17-20)26(31)29-22-11-5-4-10-21(22)25-27-23-12-6-7-13-24(23)28-25/h4-7,10-17,19H,2-3,8-9H2,1H3,(H,27,28)(H,29,31). The van der Waals surface area contributed by atoms with Crippen molar-refractivity contribution in [2.75, 3.05) is 12.4 Å². The van der Waals surface area contributed by atoms with Crippen molar-refractivity contribution in [1.82, 2.24) is 14.3 Å². The first-order chi connectivity index (χ1) is 16.4. The lowest BCUT2D eigenvalue weighted by atomic mass is 10.1. The molecular formula is C26H26N4O3S. The smallest absolute Gasteiger partial charge is 0.255 e. The fraction of sp³-hybridized carbons (Fsp3) is 0.231. The number of aromatic nitrogens is 2. The van der Waals surface area contributed by atoms with E-state index >= 15 is 0 Å². The molecule has 1 saturated carbocycles. The number of carbonyl (C=O) groups is 1. The van der Waals surface area contributed by atoms with Gasteiger partial charge in [-0.05, 0) is 61.4 Å². The summed E-state index contributed by atoms with van der Waals surface area (Å²) in [4.78, 5) is 21.1. The third-order valence-corrected chi connectivity index (χ3v) is 8.38. The molecule has 3 aromatic carbocycles. The molecule has 174 valence electrons. The average molecular weight is 475 g/mol. The molecule has 7 nitrogen and oxygen atoms in total. The highest BCUT2D eigenvalue weighted by atomic mass is 32.2. The van der Waals surface area contributed by atoms with Gasteiger partial charge in [-0.15, -0.1) is 0 Å². The highest BCUT2D eigenvalue weighted by molar-refractivity contribution is 7.89. The first kappa shape index (κ1) is 22.3. The number of sulfonamides is 1. The van der Waals surface area contributed by atoms with Gasteiger partial charge in [0.05, 0.1) is 21.6 Å². The predicted molar refractivity (Wildman–Crippen MR) is 133 cm³/mol. The molecule has 34 heavy (non-hydrogen) atoms. The molecule has 0 saturated heterocycles. The molecule has 1 aliphatic carbocycles. The van der Waals surface area contributed by atoms with E-state index in [9.17, 15) is 13.2 Å². The molecule has 0 radical (unpaired) electrons. The number of carbonyl (C=O) groups excluding carboxylic acids is 1. The van der Waals surface area contributed by atoms with Crippen LogP contribution in [0.4, 0.5) is 5.69 Å². The zero-order chi connectivity index (χ0) is 23.7. The highest BCUT2D eigenvalue weighted by Gasteiger charge is 2.30. The Bertz CT molecular complexity index is 1410. The molecule has 0 atom stereocenters. The van der Waals surface area contributed by atoms with E-state index in [1.54, 1.807) is 19.2 Å². The summed E-state index contributed by atoms with van der Waals surface area (Å²) in [6.45, 7) is 0. The van der Waals surface area contributed by atoms with Gasteiger partial charge in [0.2, 0.25) is 10.0 Å². The Morgan fingerprint density at radius 1 is 0.971 bits per heavy atom. The summed E-state index contributed by atoms with van der Waals surface area (Å²) in [5.74, 6) is 0.338. The molecule has 0 spiro atoms. The van der Waals surface area contributed by atoms with Crippen molar-refractivity contribution in [1.29, 1.82) is 0 Å². The Kier molecular flexibility index (Phi) is 5.93. The van der Waals surface area contributed by atoms with E-state index in [1.165, 1.54) is 16.4 Å². The van der Waals surface area contributed by atoms with Crippen molar-refractivity contribution in [2.45, 2.75) is 36.6 Å². The van der Waals surface area contributed by atoms with Crippen LogP contribution in [0.5, 0.6) is 0 Å². The molecule has 4 aromatic rings. The zero-order valence-electron chi connectivity index (χ0n) is 18.9. The minimum atomic E-state index is -3.59. The number of aromatic amines is 1. The maximum atomic E-state index is 13.0. The number of rotatable bonds is 6. The van der Waals surface area contributed by atoms with Crippen LogP contribution >= 0.6 is 0 Å². The van der Waals surface area contributed by atoms with Gasteiger partial charge in [0.1, 0.15) is 5.82 Å². The summed E-state index contributed by atoms with van der Waals surface area (Å²) >= 11 is 0. The van der Waals surface area contributed by atoms with Gasteiger partial charge in [-0.3, -0.25) is 4.79 Å². The molecule has 1 amide bonds. The van der Waals surface area contributed by atoms with Crippen molar-refractivity contribution >= 4 is 32.7 Å². The number of anilines is 1. The van der Waals surface area contributed by atoms with E-state index in [2.05, 4.69) is 15.3 Å². The quantitative estimate of drug-likeness (QED) is 0.409. The predicted octanol–water partition coefficient (Wildman–Crippen LogP) is 5.05. The number of hydrogen-bond acceptors (Lipinski definition) is 4. The monoisotopic (exact) mass is 474 g/mol. The molecule has 0 aliphatic heterocycles. The Morgan fingerprint density at radius 3 is 2.38 bits per heavy atom. The number of benzene rings is 3. The van der Waals surface area contributed by atoms with E-state index in [0.29, 0.717) is 17.1 Å². The maximum absolute atomic E-state index is 13.0. The van der Waals surface area contributed by atoms with Gasteiger partial charge in [0.15, 0.2) is 0 Å². The van der Waals surface area contributed by atoms with Crippen LogP contribution in [0.3, 0.4) is 0 Å². The van der Waals surface area contributed by atoms with E-state index < -0.39 is 10.0 Å². The molecule has 5 rings (SSSR count). The van der Waals surface area contributed by atoms with Crippen LogP contribution in [-0.2, 0) is 10.0 Å². The Labute approximate surface area is 198 Å². The third kappa shape index (κ3) is 4.22. The first-order valence-electron chi connectivity index (χ1n) is 11.4. The van der Waals surface area contributed by atoms with Gasteiger partial charge >= 0.3 is 0 Å². The molecule has 1 aromatic heterocycles. The summed E-state index contributed by atoms with van der Waals surface area (Å²) in [5.41, 5.74) is 3.52. The van der Waals surface area contributed by atoms with Crippen molar-refractivity contribution in [3.8, 4) is 11.4 Å². The van der Waals surface area contributed by atoms with Crippen LogP contribution in [0.15, 0.2) is 77.7 Å². The molecule has 0 unspecified atom stereocenters. The van der Waals surface area contributed by atoms with Gasteiger partial charge in [0.25, 0.3) is 5.91 Å². The lowest BCUT2D eigenvalue weighted by Gasteiger charge is -2.23. The second-order valence-electron chi connectivity index (χ2n) is 8.59. The number of hydrogen-bond donors (Lipinski definition) is 2. The molecule has 1 heterocycles. The first-order valence-corrected chi connectivity index (χ1v) is 12.8. The summed E-state index contributed by atoms with van der Waals surface area (Å²) in [5, 5.41) is 2.94. The molecule has 8 heteroatoms. The number of imidazole rings is 1.